The van der Waals surface area contributed by atoms with E-state index in [1.807, 2.05) is 48.5 Å². The zero-order valence-electron chi connectivity index (χ0n) is 17.3. The van der Waals surface area contributed by atoms with Gasteiger partial charge in [-0.1, -0.05) is 36.4 Å². The van der Waals surface area contributed by atoms with E-state index in [1.54, 1.807) is 6.26 Å². The van der Waals surface area contributed by atoms with Crippen LogP contribution >= 0.6 is 0 Å². The summed E-state index contributed by atoms with van der Waals surface area (Å²) in [6.07, 6.45) is 1.73. The molecule has 0 saturated heterocycles. The van der Waals surface area contributed by atoms with Crippen molar-refractivity contribution >= 4 is 43.7 Å². The van der Waals surface area contributed by atoms with Crippen LogP contribution < -0.4 is 4.74 Å². The second-order valence-corrected chi connectivity index (χ2v) is 8.30. The Bertz CT molecular complexity index is 1910. The highest BCUT2D eigenvalue weighted by Crippen LogP contribution is 2.45. The summed E-state index contributed by atoms with van der Waals surface area (Å²) in [4.78, 5) is 10.1. The fourth-order valence-electron chi connectivity index (χ4n) is 5.03. The number of hydrogen-bond acceptors (Lipinski definition) is 4. The van der Waals surface area contributed by atoms with E-state index >= 15 is 0 Å². The van der Waals surface area contributed by atoms with E-state index in [0.29, 0.717) is 5.95 Å². The standard InChI is InChI=1S/C28H15N3O2/c1-3-9-21-17(6-1)19-14-16-12-13-32-25(16)15-22(19)31(21)28-29-20-8-5-11-24-26(20)27(30-28)18-7-2-4-10-23(18)33-24/h1-15H. The van der Waals surface area contributed by atoms with Crippen molar-refractivity contribution in [2.45, 2.75) is 0 Å². The Labute approximate surface area is 187 Å². The maximum atomic E-state index is 6.16. The van der Waals surface area contributed by atoms with E-state index in [1.165, 1.54) is 0 Å². The van der Waals surface area contributed by atoms with E-state index in [-0.39, 0.29) is 0 Å². The fourth-order valence-corrected chi connectivity index (χ4v) is 5.03. The summed E-state index contributed by atoms with van der Waals surface area (Å²) in [5.41, 5.74) is 5.63. The molecule has 0 aliphatic carbocycles. The van der Waals surface area contributed by atoms with Crippen LogP contribution in [0.4, 0.5) is 0 Å². The first-order valence-electron chi connectivity index (χ1n) is 10.8. The van der Waals surface area contributed by atoms with E-state index < -0.39 is 0 Å². The van der Waals surface area contributed by atoms with Gasteiger partial charge in [-0.2, -0.15) is 0 Å². The normalized spacial score (nSPS) is 12.5. The van der Waals surface area contributed by atoms with Crippen molar-refractivity contribution in [1.82, 2.24) is 14.5 Å². The Kier molecular flexibility index (Phi) is 3.08. The summed E-state index contributed by atoms with van der Waals surface area (Å²) in [7, 11) is 0. The molecule has 5 heteroatoms. The Morgan fingerprint density at radius 2 is 1.58 bits per heavy atom. The molecule has 0 bridgehead atoms. The first kappa shape index (κ1) is 17.0. The number of furan rings is 1. The maximum Gasteiger partial charge on any atom is 0.235 e. The van der Waals surface area contributed by atoms with E-state index in [0.717, 1.165) is 66.4 Å². The number of rotatable bonds is 1. The number of hydrogen-bond donors (Lipinski definition) is 0. The lowest BCUT2D eigenvalue weighted by atomic mass is 10.0. The van der Waals surface area contributed by atoms with Gasteiger partial charge in [0, 0.05) is 27.8 Å². The van der Waals surface area contributed by atoms with Crippen molar-refractivity contribution in [3.63, 3.8) is 0 Å². The Hall–Kier alpha value is -4.64. The van der Waals surface area contributed by atoms with Crippen molar-refractivity contribution in [1.29, 1.82) is 0 Å². The lowest BCUT2D eigenvalue weighted by Crippen LogP contribution is -2.06. The van der Waals surface area contributed by atoms with Gasteiger partial charge in [-0.05, 0) is 42.5 Å². The predicted octanol–water partition coefficient (Wildman–Crippen LogP) is 7.25. The molecule has 0 spiro atoms. The van der Waals surface area contributed by atoms with E-state index in [4.69, 9.17) is 19.1 Å². The average molecular weight is 425 g/mol. The van der Waals surface area contributed by atoms with Crippen molar-refractivity contribution in [2.75, 3.05) is 0 Å². The van der Waals surface area contributed by atoms with Gasteiger partial charge in [0.2, 0.25) is 5.95 Å². The Morgan fingerprint density at radius 3 is 2.58 bits per heavy atom. The molecule has 0 amide bonds. The van der Waals surface area contributed by atoms with Crippen LogP contribution in [0.5, 0.6) is 11.5 Å². The molecule has 8 rings (SSSR count). The highest BCUT2D eigenvalue weighted by atomic mass is 16.5. The number of fused-ring (bicyclic) bond motifs is 6. The van der Waals surface area contributed by atoms with Gasteiger partial charge in [0.15, 0.2) is 0 Å². The lowest BCUT2D eigenvalue weighted by molar-refractivity contribution is 0.486. The quantitative estimate of drug-likeness (QED) is 0.278. The van der Waals surface area contributed by atoms with Crippen molar-refractivity contribution < 1.29 is 9.15 Å². The van der Waals surface area contributed by atoms with Crippen LogP contribution in [0.15, 0.2) is 95.6 Å². The average Bonchev–Trinajstić information content (AvgIpc) is 3.44. The van der Waals surface area contributed by atoms with Gasteiger partial charge in [0.1, 0.15) is 17.1 Å². The molecule has 154 valence electrons. The molecule has 1 aliphatic rings. The molecule has 0 saturated carbocycles. The number of aromatic nitrogens is 3. The molecule has 1 aliphatic heterocycles. The summed E-state index contributed by atoms with van der Waals surface area (Å²) < 4.78 is 14.0. The van der Waals surface area contributed by atoms with Gasteiger partial charge in [-0.25, -0.2) is 9.97 Å². The summed E-state index contributed by atoms with van der Waals surface area (Å²) in [5.74, 6) is 2.22. The van der Waals surface area contributed by atoms with Gasteiger partial charge in [-0.3, -0.25) is 4.57 Å². The third-order valence-corrected chi connectivity index (χ3v) is 6.48. The molecular formula is C28H15N3O2. The Morgan fingerprint density at radius 1 is 0.697 bits per heavy atom. The molecule has 4 aromatic carbocycles. The van der Waals surface area contributed by atoms with Gasteiger partial charge in [-0.15, -0.1) is 0 Å². The monoisotopic (exact) mass is 425 g/mol. The third kappa shape index (κ3) is 2.20. The van der Waals surface area contributed by atoms with Crippen LogP contribution in [-0.2, 0) is 0 Å². The van der Waals surface area contributed by atoms with Crippen molar-refractivity contribution in [3.8, 4) is 28.7 Å². The molecule has 3 aromatic heterocycles. The third-order valence-electron chi connectivity index (χ3n) is 6.48. The zero-order valence-corrected chi connectivity index (χ0v) is 17.3. The van der Waals surface area contributed by atoms with Gasteiger partial charge in [0.05, 0.1) is 33.9 Å². The highest BCUT2D eigenvalue weighted by Gasteiger charge is 2.24. The minimum absolute atomic E-state index is 0.628. The van der Waals surface area contributed by atoms with Crippen molar-refractivity contribution in [2.24, 2.45) is 0 Å². The first-order valence-corrected chi connectivity index (χ1v) is 10.8. The minimum Gasteiger partial charge on any atom is -0.464 e. The largest absolute Gasteiger partial charge is 0.464 e. The van der Waals surface area contributed by atoms with Crippen LogP contribution in [-0.4, -0.2) is 14.5 Å². The molecule has 0 radical (unpaired) electrons. The molecule has 5 nitrogen and oxygen atoms in total. The van der Waals surface area contributed by atoms with Crippen molar-refractivity contribution in [3.05, 3.63) is 91.2 Å². The molecular weight excluding hydrogens is 410 g/mol. The van der Waals surface area contributed by atoms with Crippen LogP contribution in [0.25, 0.3) is 60.9 Å². The van der Waals surface area contributed by atoms with E-state index in [2.05, 4.69) is 41.0 Å². The second-order valence-electron chi connectivity index (χ2n) is 8.30. The van der Waals surface area contributed by atoms with Gasteiger partial charge >= 0.3 is 0 Å². The number of ether oxygens (including phenoxy) is 1. The van der Waals surface area contributed by atoms with Crippen LogP contribution in [0.2, 0.25) is 0 Å². The molecule has 0 unspecified atom stereocenters. The SMILES string of the molecule is c1ccc2c(c1)Oc1cccc3nc(-n4c5ccccc5c5cc6ccoc6cc54)nc-2c13. The Balaban J connectivity index is 1.54. The zero-order chi connectivity index (χ0) is 21.5. The molecule has 7 aromatic rings. The fraction of sp³-hybridized carbons (Fsp3) is 0. The second kappa shape index (κ2) is 5.99. The number of nitrogens with zero attached hydrogens (tertiary/aromatic N) is 3. The summed E-state index contributed by atoms with van der Waals surface area (Å²) in [5, 5.41) is 4.32. The predicted molar refractivity (Wildman–Crippen MR) is 129 cm³/mol. The van der Waals surface area contributed by atoms with Crippen LogP contribution in [0.3, 0.4) is 0 Å². The van der Waals surface area contributed by atoms with Gasteiger partial charge < -0.3 is 9.15 Å². The highest BCUT2D eigenvalue weighted by molar-refractivity contribution is 6.13. The molecule has 0 N–H and O–H groups in total. The first-order chi connectivity index (χ1) is 16.3. The maximum absolute atomic E-state index is 6.16. The smallest absolute Gasteiger partial charge is 0.235 e. The number of para-hydroxylation sites is 2. The summed E-state index contributed by atoms with van der Waals surface area (Å²) in [6, 6.07) is 28.6. The minimum atomic E-state index is 0.628. The van der Waals surface area contributed by atoms with Crippen LogP contribution in [0.1, 0.15) is 0 Å². The van der Waals surface area contributed by atoms with Crippen LogP contribution in [0, 0.1) is 0 Å². The summed E-state index contributed by atoms with van der Waals surface area (Å²) >= 11 is 0. The molecule has 33 heavy (non-hydrogen) atoms. The van der Waals surface area contributed by atoms with Gasteiger partial charge in [0.25, 0.3) is 0 Å². The van der Waals surface area contributed by atoms with E-state index in [9.17, 15) is 0 Å². The molecule has 0 atom stereocenters. The summed E-state index contributed by atoms with van der Waals surface area (Å²) in [6.45, 7) is 0. The molecule has 4 heterocycles. The lowest BCUT2D eigenvalue weighted by Gasteiger charge is -2.20. The topological polar surface area (TPSA) is 53.1 Å². The number of benzene rings is 4. The molecule has 0 fully saturated rings.